The van der Waals surface area contributed by atoms with Crippen molar-refractivity contribution in [3.05, 3.63) is 30.0 Å². The van der Waals surface area contributed by atoms with Crippen molar-refractivity contribution in [3.8, 4) is 0 Å². The first-order valence-corrected chi connectivity index (χ1v) is 4.93. The van der Waals surface area contributed by atoms with Gasteiger partial charge in [-0.3, -0.25) is 4.79 Å². The van der Waals surface area contributed by atoms with Crippen LogP contribution in [0.2, 0.25) is 0 Å². The predicted molar refractivity (Wildman–Crippen MR) is 62.5 cm³/mol. The Balaban J connectivity index is 2.67. The third-order valence-corrected chi connectivity index (χ3v) is 2.25. The molecule has 1 aromatic heterocycles. The lowest BCUT2D eigenvalue weighted by Crippen LogP contribution is -2.21. The molecule has 2 N–H and O–H groups in total. The van der Waals surface area contributed by atoms with E-state index < -0.39 is 0 Å². The zero-order valence-corrected chi connectivity index (χ0v) is 9.11. The van der Waals surface area contributed by atoms with Crippen LogP contribution < -0.4 is 10.6 Å². The molecule has 1 heterocycles. The van der Waals surface area contributed by atoms with E-state index in [2.05, 4.69) is 20.6 Å². The van der Waals surface area contributed by atoms with Crippen LogP contribution in [-0.4, -0.2) is 30.0 Å². The monoisotopic (exact) mass is 216 g/mol. The Morgan fingerprint density at radius 3 is 2.31 bits per heavy atom. The second-order valence-electron chi connectivity index (χ2n) is 3.24. The van der Waals surface area contributed by atoms with Gasteiger partial charge in [-0.25, -0.2) is 9.97 Å². The van der Waals surface area contributed by atoms with Crippen LogP contribution in [-0.2, 0) is 0 Å². The molecular formula is C11H12N4O. The normalized spacial score (nSPS) is 10.1. The molecule has 0 fully saturated rings. The number of hydrogen-bond acceptors (Lipinski definition) is 4. The molecule has 1 amide bonds. The summed E-state index contributed by atoms with van der Waals surface area (Å²) in [7, 11) is 3.28. The second-order valence-corrected chi connectivity index (χ2v) is 3.24. The molecule has 5 heteroatoms. The van der Waals surface area contributed by atoms with Gasteiger partial charge in [-0.2, -0.15) is 0 Å². The number of para-hydroxylation sites is 2. The molecule has 2 aromatic rings. The first-order valence-electron chi connectivity index (χ1n) is 4.93. The molecule has 2 rings (SSSR count). The summed E-state index contributed by atoms with van der Waals surface area (Å²) < 4.78 is 0. The van der Waals surface area contributed by atoms with E-state index in [1.54, 1.807) is 14.1 Å². The van der Waals surface area contributed by atoms with E-state index in [9.17, 15) is 4.79 Å². The lowest BCUT2D eigenvalue weighted by atomic mass is 10.2. The van der Waals surface area contributed by atoms with Crippen molar-refractivity contribution >= 4 is 22.8 Å². The summed E-state index contributed by atoms with van der Waals surface area (Å²) in [5.41, 5.74) is 1.78. The van der Waals surface area contributed by atoms with Gasteiger partial charge in [-0.05, 0) is 12.1 Å². The summed E-state index contributed by atoms with van der Waals surface area (Å²) in [4.78, 5) is 20.2. The summed E-state index contributed by atoms with van der Waals surface area (Å²) in [6.07, 6.45) is 0. The highest BCUT2D eigenvalue weighted by atomic mass is 16.1. The van der Waals surface area contributed by atoms with Crippen molar-refractivity contribution in [1.29, 1.82) is 0 Å². The van der Waals surface area contributed by atoms with E-state index in [-0.39, 0.29) is 5.91 Å². The van der Waals surface area contributed by atoms with E-state index in [1.165, 1.54) is 0 Å². The minimum atomic E-state index is -0.248. The van der Waals surface area contributed by atoms with Gasteiger partial charge in [0.25, 0.3) is 5.91 Å². The van der Waals surface area contributed by atoms with E-state index >= 15 is 0 Å². The molecule has 82 valence electrons. The number of benzene rings is 1. The van der Waals surface area contributed by atoms with Crippen LogP contribution in [0.25, 0.3) is 11.0 Å². The van der Waals surface area contributed by atoms with Crippen molar-refractivity contribution < 1.29 is 4.79 Å². The molecule has 0 aliphatic carbocycles. The molecule has 0 radical (unpaired) electrons. The summed E-state index contributed by atoms with van der Waals surface area (Å²) in [6.45, 7) is 0. The molecule has 0 atom stereocenters. The molecule has 0 saturated carbocycles. The van der Waals surface area contributed by atoms with Crippen LogP contribution in [0.1, 0.15) is 10.5 Å². The largest absolute Gasteiger partial charge is 0.371 e. The fourth-order valence-electron chi connectivity index (χ4n) is 1.45. The number of nitrogens with zero attached hydrogens (tertiary/aromatic N) is 2. The van der Waals surface area contributed by atoms with Crippen LogP contribution in [0.5, 0.6) is 0 Å². The van der Waals surface area contributed by atoms with Crippen molar-refractivity contribution in [1.82, 2.24) is 15.3 Å². The number of rotatable bonds is 2. The van der Waals surface area contributed by atoms with Crippen LogP contribution in [0.15, 0.2) is 24.3 Å². The van der Waals surface area contributed by atoms with Gasteiger partial charge in [0.15, 0.2) is 11.5 Å². The quantitative estimate of drug-likeness (QED) is 0.786. The van der Waals surface area contributed by atoms with Gasteiger partial charge in [-0.15, -0.1) is 0 Å². The molecule has 0 spiro atoms. The molecule has 0 aliphatic rings. The number of carbonyl (C=O) groups is 1. The Hall–Kier alpha value is -2.17. The third kappa shape index (κ3) is 1.67. The topological polar surface area (TPSA) is 66.9 Å². The summed E-state index contributed by atoms with van der Waals surface area (Å²) in [5.74, 6) is 0.237. The lowest BCUT2D eigenvalue weighted by molar-refractivity contribution is 0.0959. The minimum absolute atomic E-state index is 0.248. The maximum absolute atomic E-state index is 11.6. The number of hydrogen-bond donors (Lipinski definition) is 2. The number of amides is 1. The van der Waals surface area contributed by atoms with Crippen LogP contribution in [0.3, 0.4) is 0 Å². The molecule has 5 nitrogen and oxygen atoms in total. The Kier molecular flexibility index (Phi) is 2.68. The maximum atomic E-state index is 11.6. The van der Waals surface area contributed by atoms with Crippen molar-refractivity contribution in [2.24, 2.45) is 0 Å². The highest BCUT2D eigenvalue weighted by Gasteiger charge is 2.13. The molecule has 0 saturated heterocycles. The zero-order valence-electron chi connectivity index (χ0n) is 9.11. The number of anilines is 1. The first-order chi connectivity index (χ1) is 7.76. The Morgan fingerprint density at radius 1 is 1.12 bits per heavy atom. The minimum Gasteiger partial charge on any atom is -0.371 e. The highest BCUT2D eigenvalue weighted by molar-refractivity contribution is 5.98. The van der Waals surface area contributed by atoms with Crippen molar-refractivity contribution in [2.75, 3.05) is 19.4 Å². The third-order valence-electron chi connectivity index (χ3n) is 2.25. The molecule has 0 bridgehead atoms. The number of nitrogens with one attached hydrogen (secondary N) is 2. The van der Waals surface area contributed by atoms with Gasteiger partial charge in [0, 0.05) is 14.1 Å². The predicted octanol–water partition coefficient (Wildman–Crippen LogP) is 1.03. The maximum Gasteiger partial charge on any atom is 0.273 e. The van der Waals surface area contributed by atoms with Crippen LogP contribution in [0.4, 0.5) is 5.82 Å². The van der Waals surface area contributed by atoms with Crippen LogP contribution in [0, 0.1) is 0 Å². The van der Waals surface area contributed by atoms with Gasteiger partial charge in [0.2, 0.25) is 0 Å². The molecular weight excluding hydrogens is 204 g/mol. The summed E-state index contributed by atoms with van der Waals surface area (Å²) in [6, 6.07) is 7.44. The standard InChI is InChI=1S/C11H12N4O/c1-12-10-9(11(16)13-2)14-7-5-3-4-6-8(7)15-10/h3-6H,1-2H3,(H,12,15)(H,13,16). The SMILES string of the molecule is CNC(=O)c1nc2ccccc2nc1NC. The second kappa shape index (κ2) is 4.14. The lowest BCUT2D eigenvalue weighted by Gasteiger charge is -2.07. The smallest absolute Gasteiger partial charge is 0.273 e. The van der Waals surface area contributed by atoms with Gasteiger partial charge in [0.1, 0.15) is 0 Å². The number of aromatic nitrogens is 2. The van der Waals surface area contributed by atoms with E-state index in [4.69, 9.17) is 0 Å². The van der Waals surface area contributed by atoms with Crippen molar-refractivity contribution in [3.63, 3.8) is 0 Å². The van der Waals surface area contributed by atoms with Crippen LogP contribution >= 0.6 is 0 Å². The van der Waals surface area contributed by atoms with Crippen molar-refractivity contribution in [2.45, 2.75) is 0 Å². The molecule has 0 unspecified atom stereocenters. The van der Waals surface area contributed by atoms with Gasteiger partial charge in [0.05, 0.1) is 11.0 Å². The Bertz CT molecular complexity index is 538. The van der Waals surface area contributed by atoms with Gasteiger partial charge < -0.3 is 10.6 Å². The Labute approximate surface area is 92.9 Å². The average Bonchev–Trinajstić information content (AvgIpc) is 2.36. The van der Waals surface area contributed by atoms with E-state index in [1.807, 2.05) is 24.3 Å². The molecule has 1 aromatic carbocycles. The number of fused-ring (bicyclic) bond motifs is 1. The van der Waals surface area contributed by atoms with E-state index in [0.29, 0.717) is 17.0 Å². The fraction of sp³-hybridized carbons (Fsp3) is 0.182. The summed E-state index contributed by atoms with van der Waals surface area (Å²) >= 11 is 0. The molecule has 0 aliphatic heterocycles. The fourth-order valence-corrected chi connectivity index (χ4v) is 1.45. The Morgan fingerprint density at radius 2 is 1.75 bits per heavy atom. The first kappa shape index (κ1) is 10.4. The molecule has 16 heavy (non-hydrogen) atoms. The highest BCUT2D eigenvalue weighted by Crippen LogP contribution is 2.15. The zero-order chi connectivity index (χ0) is 11.5. The van der Waals surface area contributed by atoms with Gasteiger partial charge >= 0.3 is 0 Å². The summed E-state index contributed by atoms with van der Waals surface area (Å²) in [5, 5.41) is 5.41. The van der Waals surface area contributed by atoms with Gasteiger partial charge in [-0.1, -0.05) is 12.1 Å². The average molecular weight is 216 g/mol. The number of carbonyl (C=O) groups excluding carboxylic acids is 1. The van der Waals surface area contributed by atoms with E-state index in [0.717, 1.165) is 5.52 Å².